The third-order valence-electron chi connectivity index (χ3n) is 2.44. The van der Waals surface area contributed by atoms with Gasteiger partial charge in [-0.2, -0.15) is 0 Å². The molecule has 0 fully saturated rings. The van der Waals surface area contributed by atoms with Crippen LogP contribution in [0.3, 0.4) is 0 Å². The molecule has 0 aliphatic carbocycles. The Morgan fingerprint density at radius 2 is 1.61 bits per heavy atom. The van der Waals surface area contributed by atoms with Crippen LogP contribution in [0.4, 0.5) is 0 Å². The van der Waals surface area contributed by atoms with Crippen LogP contribution in [0.5, 0.6) is 0 Å². The van der Waals surface area contributed by atoms with E-state index in [0.717, 1.165) is 0 Å². The standard InChI is InChI=1S/C13H26N2O3/c1-10(2)12(16)9-14-5-7-18-8-6-15-13(17)11(3)4/h10-11,14H,5-9H2,1-4H3,(H,15,17). The molecule has 0 aliphatic rings. The summed E-state index contributed by atoms with van der Waals surface area (Å²) in [4.78, 5) is 22.5. The number of ether oxygens (including phenoxy) is 1. The van der Waals surface area contributed by atoms with Crippen molar-refractivity contribution in [2.45, 2.75) is 27.7 Å². The maximum absolute atomic E-state index is 11.3. The van der Waals surface area contributed by atoms with Crippen LogP contribution in [0.1, 0.15) is 27.7 Å². The minimum absolute atomic E-state index is 0.00807. The van der Waals surface area contributed by atoms with Gasteiger partial charge >= 0.3 is 0 Å². The van der Waals surface area contributed by atoms with E-state index in [1.54, 1.807) is 0 Å². The number of Topliss-reactive ketones (excluding diaryl/α,β-unsaturated/α-hetero) is 1. The topological polar surface area (TPSA) is 67.4 Å². The number of carbonyl (C=O) groups excluding carboxylic acids is 2. The van der Waals surface area contributed by atoms with Crippen molar-refractivity contribution in [2.24, 2.45) is 11.8 Å². The zero-order valence-corrected chi connectivity index (χ0v) is 11.9. The van der Waals surface area contributed by atoms with Crippen molar-refractivity contribution in [2.75, 3.05) is 32.8 Å². The first-order valence-corrected chi connectivity index (χ1v) is 6.54. The lowest BCUT2D eigenvalue weighted by atomic mass is 10.1. The molecule has 0 aromatic rings. The number of ketones is 1. The molecule has 106 valence electrons. The second-order valence-corrected chi connectivity index (χ2v) is 4.86. The fourth-order valence-corrected chi connectivity index (χ4v) is 1.11. The van der Waals surface area contributed by atoms with E-state index in [1.165, 1.54) is 0 Å². The van der Waals surface area contributed by atoms with Gasteiger partial charge in [-0.15, -0.1) is 0 Å². The molecule has 1 amide bonds. The van der Waals surface area contributed by atoms with Crippen LogP contribution in [-0.4, -0.2) is 44.5 Å². The minimum atomic E-state index is 0.00807. The summed E-state index contributed by atoms with van der Waals surface area (Å²) < 4.78 is 5.32. The number of carbonyl (C=O) groups is 2. The largest absolute Gasteiger partial charge is 0.378 e. The SMILES string of the molecule is CC(C)C(=O)CNCCOCCNC(=O)C(C)C. The number of nitrogens with one attached hydrogen (secondary N) is 2. The van der Waals surface area contributed by atoms with E-state index in [4.69, 9.17) is 4.74 Å². The molecule has 0 aliphatic heterocycles. The van der Waals surface area contributed by atoms with Gasteiger partial charge in [0.2, 0.25) is 5.91 Å². The minimum Gasteiger partial charge on any atom is -0.378 e. The summed E-state index contributed by atoms with van der Waals surface area (Å²) in [6.45, 7) is 10.1. The molecule has 2 N–H and O–H groups in total. The van der Waals surface area contributed by atoms with E-state index >= 15 is 0 Å². The molecule has 0 saturated heterocycles. The van der Waals surface area contributed by atoms with E-state index < -0.39 is 0 Å². The first kappa shape index (κ1) is 17.1. The Morgan fingerprint density at radius 1 is 1.00 bits per heavy atom. The van der Waals surface area contributed by atoms with Crippen LogP contribution in [0, 0.1) is 11.8 Å². The average molecular weight is 258 g/mol. The summed E-state index contributed by atoms with van der Waals surface area (Å²) in [6, 6.07) is 0. The van der Waals surface area contributed by atoms with E-state index in [2.05, 4.69) is 10.6 Å². The third-order valence-corrected chi connectivity index (χ3v) is 2.44. The van der Waals surface area contributed by atoms with Gasteiger partial charge in [0.15, 0.2) is 0 Å². The molecule has 0 bridgehead atoms. The zero-order chi connectivity index (χ0) is 14.0. The quantitative estimate of drug-likeness (QED) is 0.563. The Bertz CT molecular complexity index is 227. The van der Waals surface area contributed by atoms with Crippen molar-refractivity contribution < 1.29 is 14.3 Å². The highest BCUT2D eigenvalue weighted by molar-refractivity contribution is 5.82. The molecule has 0 atom stereocenters. The number of hydrogen-bond acceptors (Lipinski definition) is 4. The fourth-order valence-electron chi connectivity index (χ4n) is 1.11. The van der Waals surface area contributed by atoms with Gasteiger partial charge < -0.3 is 15.4 Å². The van der Waals surface area contributed by atoms with Gasteiger partial charge in [0.25, 0.3) is 0 Å². The predicted molar refractivity (Wildman–Crippen MR) is 71.4 cm³/mol. The second kappa shape index (κ2) is 10.0. The monoisotopic (exact) mass is 258 g/mol. The van der Waals surface area contributed by atoms with Crippen LogP contribution in [0.25, 0.3) is 0 Å². The van der Waals surface area contributed by atoms with Gasteiger partial charge in [0.1, 0.15) is 5.78 Å². The number of amides is 1. The molecular weight excluding hydrogens is 232 g/mol. The number of hydrogen-bond donors (Lipinski definition) is 2. The van der Waals surface area contributed by atoms with E-state index in [1.807, 2.05) is 27.7 Å². The van der Waals surface area contributed by atoms with Gasteiger partial charge in [0.05, 0.1) is 19.8 Å². The third kappa shape index (κ3) is 9.13. The maximum Gasteiger partial charge on any atom is 0.222 e. The first-order chi connectivity index (χ1) is 8.45. The second-order valence-electron chi connectivity index (χ2n) is 4.86. The van der Waals surface area contributed by atoms with Gasteiger partial charge in [-0.25, -0.2) is 0 Å². The van der Waals surface area contributed by atoms with Gasteiger partial charge in [-0.3, -0.25) is 9.59 Å². The summed E-state index contributed by atoms with van der Waals surface area (Å²) in [7, 11) is 0. The molecule has 5 heteroatoms. The van der Waals surface area contributed by atoms with Crippen molar-refractivity contribution in [3.8, 4) is 0 Å². The Labute approximate surface area is 110 Å². The van der Waals surface area contributed by atoms with Crippen molar-refractivity contribution in [3.05, 3.63) is 0 Å². The maximum atomic E-state index is 11.3. The van der Waals surface area contributed by atoms with Crippen LogP contribution >= 0.6 is 0 Å². The molecular formula is C13H26N2O3. The van der Waals surface area contributed by atoms with Crippen LogP contribution in [-0.2, 0) is 14.3 Å². The van der Waals surface area contributed by atoms with E-state index in [-0.39, 0.29) is 23.5 Å². The highest BCUT2D eigenvalue weighted by Crippen LogP contribution is 1.91. The summed E-state index contributed by atoms with van der Waals surface area (Å²) in [5.41, 5.74) is 0. The first-order valence-electron chi connectivity index (χ1n) is 6.54. The van der Waals surface area contributed by atoms with Crippen LogP contribution in [0.2, 0.25) is 0 Å². The summed E-state index contributed by atoms with van der Waals surface area (Å²) in [5.74, 6) is 0.330. The summed E-state index contributed by atoms with van der Waals surface area (Å²) in [6.07, 6.45) is 0. The number of rotatable bonds is 10. The molecule has 18 heavy (non-hydrogen) atoms. The molecule has 0 unspecified atom stereocenters. The smallest absolute Gasteiger partial charge is 0.222 e. The van der Waals surface area contributed by atoms with E-state index in [0.29, 0.717) is 32.8 Å². The van der Waals surface area contributed by atoms with Crippen molar-refractivity contribution in [3.63, 3.8) is 0 Å². The molecule has 5 nitrogen and oxygen atoms in total. The van der Waals surface area contributed by atoms with Crippen LogP contribution in [0.15, 0.2) is 0 Å². The average Bonchev–Trinajstić information content (AvgIpc) is 2.31. The molecule has 0 spiro atoms. The lowest BCUT2D eigenvalue weighted by molar-refractivity contribution is -0.124. The molecule has 0 aromatic carbocycles. The van der Waals surface area contributed by atoms with Gasteiger partial charge in [0, 0.05) is 24.9 Å². The Hall–Kier alpha value is -0.940. The molecule has 0 radical (unpaired) electrons. The van der Waals surface area contributed by atoms with Crippen molar-refractivity contribution in [1.82, 2.24) is 10.6 Å². The molecule has 0 aromatic heterocycles. The molecule has 0 rings (SSSR count). The Morgan fingerprint density at radius 3 is 2.17 bits per heavy atom. The lowest BCUT2D eigenvalue weighted by Gasteiger charge is -2.09. The molecule has 0 saturated carbocycles. The van der Waals surface area contributed by atoms with Crippen molar-refractivity contribution >= 4 is 11.7 Å². The summed E-state index contributed by atoms with van der Waals surface area (Å²) in [5, 5.41) is 5.79. The van der Waals surface area contributed by atoms with Crippen molar-refractivity contribution in [1.29, 1.82) is 0 Å². The highest BCUT2D eigenvalue weighted by Gasteiger charge is 2.06. The Kier molecular flexibility index (Phi) is 9.50. The van der Waals surface area contributed by atoms with E-state index in [9.17, 15) is 9.59 Å². The zero-order valence-electron chi connectivity index (χ0n) is 11.9. The van der Waals surface area contributed by atoms with Gasteiger partial charge in [-0.05, 0) is 0 Å². The van der Waals surface area contributed by atoms with Crippen LogP contribution < -0.4 is 10.6 Å². The summed E-state index contributed by atoms with van der Waals surface area (Å²) >= 11 is 0. The molecule has 0 heterocycles. The van der Waals surface area contributed by atoms with Gasteiger partial charge in [-0.1, -0.05) is 27.7 Å². The lowest BCUT2D eigenvalue weighted by Crippen LogP contribution is -2.32. The fraction of sp³-hybridized carbons (Fsp3) is 0.846. The predicted octanol–water partition coefficient (Wildman–Crippen LogP) is 0.590. The highest BCUT2D eigenvalue weighted by atomic mass is 16.5. The Balaban J connectivity index is 3.27. The normalized spacial score (nSPS) is 11.0.